The van der Waals surface area contributed by atoms with Gasteiger partial charge in [-0.25, -0.2) is 0 Å². The largest absolute Gasteiger partial charge is 0.464 e. The molecule has 1 aromatic carbocycles. The Bertz CT molecular complexity index is 1240. The number of hydrogen-bond acceptors (Lipinski definition) is 9. The second-order valence-electron chi connectivity index (χ2n) is 10.0. The number of hydrogen-bond donors (Lipinski definition) is 2. The standard InChI is InChI=1S/C30H40N2O9/c1-2-39-30-21(10-15-37-17-18-38-16-14-33)23(24-20-40-25-8-4-3-7-22(25)28(24)35)19-26(41-30)29(36)31-11-6-13-32-12-5-9-27(32)34/h3-4,7-8,19-21,23,30,33H,2,5-6,9-18H2,1H3,(H,31,36)/t21-,23-,30+/m0/s1. The predicted octanol–water partition coefficient (Wildman–Crippen LogP) is 2.31. The Morgan fingerprint density at radius 1 is 1.15 bits per heavy atom. The third-order valence-corrected chi connectivity index (χ3v) is 7.27. The van der Waals surface area contributed by atoms with Gasteiger partial charge in [0.2, 0.25) is 12.2 Å². The van der Waals surface area contributed by atoms with Crippen molar-refractivity contribution in [3.63, 3.8) is 0 Å². The maximum absolute atomic E-state index is 13.6. The molecule has 2 amide bonds. The van der Waals surface area contributed by atoms with Gasteiger partial charge in [-0.15, -0.1) is 0 Å². The Morgan fingerprint density at radius 2 is 1.95 bits per heavy atom. The van der Waals surface area contributed by atoms with Crippen LogP contribution in [0.2, 0.25) is 0 Å². The number of carbonyl (C=O) groups is 2. The lowest BCUT2D eigenvalue weighted by Crippen LogP contribution is -2.40. The Morgan fingerprint density at radius 3 is 2.71 bits per heavy atom. The van der Waals surface area contributed by atoms with Gasteiger partial charge in [0.05, 0.1) is 38.1 Å². The van der Waals surface area contributed by atoms with E-state index in [0.29, 0.717) is 75.3 Å². The molecule has 0 radical (unpaired) electrons. The summed E-state index contributed by atoms with van der Waals surface area (Å²) in [7, 11) is 0. The zero-order valence-corrected chi connectivity index (χ0v) is 23.5. The Balaban J connectivity index is 1.51. The lowest BCUT2D eigenvalue weighted by atomic mass is 9.81. The SMILES string of the molecule is CCO[C@@H]1OC(C(=O)NCCCN2CCCC2=O)=C[C@H](c2coc3ccccc3c2=O)[C@@H]1CCOCCOCCO. The number of allylic oxidation sites excluding steroid dienone is 1. The summed E-state index contributed by atoms with van der Waals surface area (Å²) in [5.41, 5.74) is 0.713. The highest BCUT2D eigenvalue weighted by atomic mass is 16.7. The summed E-state index contributed by atoms with van der Waals surface area (Å²) in [5.74, 6) is -1.05. The summed E-state index contributed by atoms with van der Waals surface area (Å²) in [5, 5.41) is 12.2. The van der Waals surface area contributed by atoms with Gasteiger partial charge in [-0.2, -0.15) is 0 Å². The van der Waals surface area contributed by atoms with Crippen LogP contribution in [0, 0.1) is 5.92 Å². The normalized spacial score (nSPS) is 20.7. The highest BCUT2D eigenvalue weighted by molar-refractivity contribution is 5.91. The first kappa shape index (κ1) is 30.7. The molecule has 1 aromatic heterocycles. The Hall–Kier alpha value is -3.25. The van der Waals surface area contributed by atoms with E-state index in [4.69, 9.17) is 28.5 Å². The van der Waals surface area contributed by atoms with Gasteiger partial charge in [-0.05, 0) is 44.4 Å². The molecule has 0 bridgehead atoms. The molecule has 1 fully saturated rings. The highest BCUT2D eigenvalue weighted by Gasteiger charge is 2.39. The number of rotatable bonds is 16. The second kappa shape index (κ2) is 15.7. The van der Waals surface area contributed by atoms with Crippen molar-refractivity contribution >= 4 is 22.8 Å². The van der Waals surface area contributed by atoms with Crippen molar-refractivity contribution in [1.82, 2.24) is 10.2 Å². The summed E-state index contributed by atoms with van der Waals surface area (Å²) in [6.45, 7) is 5.15. The van der Waals surface area contributed by atoms with E-state index in [1.54, 1.807) is 30.3 Å². The van der Waals surface area contributed by atoms with E-state index in [9.17, 15) is 14.4 Å². The summed E-state index contributed by atoms with van der Waals surface area (Å²) < 4.78 is 28.8. The maximum atomic E-state index is 13.6. The fourth-order valence-corrected chi connectivity index (χ4v) is 5.22. The molecule has 0 saturated carbocycles. The molecule has 2 N–H and O–H groups in total. The molecule has 2 aliphatic heterocycles. The van der Waals surface area contributed by atoms with Gasteiger partial charge in [-0.1, -0.05) is 12.1 Å². The Labute approximate surface area is 239 Å². The molecule has 0 spiro atoms. The molecule has 2 aromatic rings. The zero-order valence-electron chi connectivity index (χ0n) is 23.5. The Kier molecular flexibility index (Phi) is 11.7. The molecule has 1 saturated heterocycles. The van der Waals surface area contributed by atoms with Crippen molar-refractivity contribution < 1.29 is 38.1 Å². The molecular weight excluding hydrogens is 532 g/mol. The number of fused-ring (bicyclic) bond motifs is 1. The van der Waals surface area contributed by atoms with Crippen LogP contribution in [0.1, 0.15) is 44.1 Å². The van der Waals surface area contributed by atoms with Crippen LogP contribution >= 0.6 is 0 Å². The topological polar surface area (TPSA) is 137 Å². The van der Waals surface area contributed by atoms with Gasteiger partial charge in [0.25, 0.3) is 5.91 Å². The number of carbonyl (C=O) groups excluding carboxylic acids is 2. The number of likely N-dealkylation sites (tertiary alicyclic amines) is 1. The molecule has 41 heavy (non-hydrogen) atoms. The van der Waals surface area contributed by atoms with E-state index in [2.05, 4.69) is 5.32 Å². The molecule has 11 nitrogen and oxygen atoms in total. The van der Waals surface area contributed by atoms with Crippen LogP contribution in [-0.4, -0.2) is 87.4 Å². The van der Waals surface area contributed by atoms with Crippen LogP contribution in [0.25, 0.3) is 11.0 Å². The predicted molar refractivity (Wildman–Crippen MR) is 150 cm³/mol. The lowest BCUT2D eigenvalue weighted by Gasteiger charge is -2.36. The minimum Gasteiger partial charge on any atom is -0.464 e. The summed E-state index contributed by atoms with van der Waals surface area (Å²) >= 11 is 0. The van der Waals surface area contributed by atoms with E-state index in [1.165, 1.54) is 6.26 Å². The highest BCUT2D eigenvalue weighted by Crippen LogP contribution is 2.38. The van der Waals surface area contributed by atoms with Crippen molar-refractivity contribution in [3.05, 3.63) is 58.2 Å². The fourth-order valence-electron chi connectivity index (χ4n) is 5.22. The zero-order chi connectivity index (χ0) is 29.0. The molecule has 11 heteroatoms. The van der Waals surface area contributed by atoms with Crippen molar-refractivity contribution in [3.8, 4) is 0 Å². The van der Waals surface area contributed by atoms with Crippen LogP contribution in [-0.2, 0) is 28.5 Å². The van der Waals surface area contributed by atoms with Gasteiger partial charge >= 0.3 is 0 Å². The number of aliphatic hydroxyl groups is 1. The molecule has 3 atom stereocenters. The average Bonchev–Trinajstić information content (AvgIpc) is 3.40. The minimum absolute atomic E-state index is 0.0498. The fraction of sp³-hybridized carbons (Fsp3) is 0.567. The van der Waals surface area contributed by atoms with Crippen molar-refractivity contribution in [1.29, 1.82) is 0 Å². The molecule has 224 valence electrons. The molecule has 4 rings (SSSR count). The molecule has 3 heterocycles. The minimum atomic E-state index is -0.793. The number of ether oxygens (including phenoxy) is 4. The monoisotopic (exact) mass is 572 g/mol. The summed E-state index contributed by atoms with van der Waals surface area (Å²) in [4.78, 5) is 40.4. The van der Waals surface area contributed by atoms with Gasteiger partial charge in [0.15, 0.2) is 11.2 Å². The van der Waals surface area contributed by atoms with Gasteiger partial charge in [-0.3, -0.25) is 14.4 Å². The summed E-state index contributed by atoms with van der Waals surface area (Å²) in [6, 6.07) is 7.04. The van der Waals surface area contributed by atoms with Crippen LogP contribution in [0.3, 0.4) is 0 Å². The molecule has 2 aliphatic rings. The molecule has 0 unspecified atom stereocenters. The van der Waals surface area contributed by atoms with Crippen molar-refractivity contribution in [2.24, 2.45) is 5.92 Å². The number of aliphatic hydroxyl groups excluding tert-OH is 1. The second-order valence-corrected chi connectivity index (χ2v) is 10.0. The van der Waals surface area contributed by atoms with Crippen molar-refractivity contribution in [2.75, 3.05) is 59.3 Å². The third-order valence-electron chi connectivity index (χ3n) is 7.27. The quantitative estimate of drug-likeness (QED) is 0.290. The van der Waals surface area contributed by atoms with E-state index in [0.717, 1.165) is 13.0 Å². The number of benzene rings is 1. The van der Waals surface area contributed by atoms with E-state index >= 15 is 0 Å². The number of para-hydroxylation sites is 1. The third kappa shape index (κ3) is 8.16. The van der Waals surface area contributed by atoms with E-state index in [-0.39, 0.29) is 36.2 Å². The first-order chi connectivity index (χ1) is 20.0. The lowest BCUT2D eigenvalue weighted by molar-refractivity contribution is -0.168. The van der Waals surface area contributed by atoms with Gasteiger partial charge < -0.3 is 38.7 Å². The van der Waals surface area contributed by atoms with Crippen LogP contribution < -0.4 is 10.7 Å². The van der Waals surface area contributed by atoms with Gasteiger partial charge in [0.1, 0.15) is 5.58 Å². The van der Waals surface area contributed by atoms with Crippen LogP contribution in [0.15, 0.2) is 51.6 Å². The number of nitrogens with one attached hydrogen (secondary N) is 1. The smallest absolute Gasteiger partial charge is 0.286 e. The van der Waals surface area contributed by atoms with Crippen LogP contribution in [0.4, 0.5) is 0 Å². The number of amides is 2. The van der Waals surface area contributed by atoms with E-state index in [1.807, 2.05) is 11.8 Å². The van der Waals surface area contributed by atoms with Gasteiger partial charge in [0, 0.05) is 56.7 Å². The average molecular weight is 573 g/mol. The van der Waals surface area contributed by atoms with Crippen molar-refractivity contribution in [2.45, 2.75) is 44.8 Å². The molecular formula is C30H40N2O9. The summed E-state index contributed by atoms with van der Waals surface area (Å²) in [6.07, 6.45) is 4.90. The van der Waals surface area contributed by atoms with Crippen LogP contribution in [0.5, 0.6) is 0 Å². The molecule has 0 aliphatic carbocycles. The number of nitrogens with zero attached hydrogens (tertiary/aromatic N) is 1. The first-order valence-electron chi connectivity index (χ1n) is 14.4. The first-order valence-corrected chi connectivity index (χ1v) is 14.4. The van der Waals surface area contributed by atoms with E-state index < -0.39 is 18.1 Å². The maximum Gasteiger partial charge on any atom is 0.286 e.